The molecule has 0 bridgehead atoms. The fourth-order valence-electron chi connectivity index (χ4n) is 3.59. The van der Waals surface area contributed by atoms with Crippen LogP contribution < -0.4 is 10.6 Å². The van der Waals surface area contributed by atoms with E-state index in [4.69, 9.17) is 4.52 Å². The van der Waals surface area contributed by atoms with Crippen molar-refractivity contribution in [3.05, 3.63) is 70.9 Å². The zero-order valence-corrected chi connectivity index (χ0v) is 18.4. The molecule has 2 heterocycles. The summed E-state index contributed by atoms with van der Waals surface area (Å²) < 4.78 is 46.0. The van der Waals surface area contributed by atoms with Gasteiger partial charge in [-0.2, -0.15) is 13.2 Å². The standard InChI is InChI=1S/C24H19F3N4O3/c1-12-8-9-15(28-14(3)32)10-19(12)29-22(33)17-11-20(30-23-21(17)13(2)31-34-23)16-6-4-5-7-18(16)24(25,26)27/h4-11H,1-3H3,(H,28,32)(H,29,33). The SMILES string of the molecule is CC(=O)Nc1ccc(C)c(NC(=O)c2cc(-c3ccccc3C(F)(F)F)nc3onc(C)c23)c1. The molecule has 174 valence electrons. The highest BCUT2D eigenvalue weighted by molar-refractivity contribution is 6.13. The molecule has 0 unspecified atom stereocenters. The van der Waals surface area contributed by atoms with Gasteiger partial charge < -0.3 is 15.2 Å². The molecule has 0 radical (unpaired) electrons. The number of carbonyl (C=O) groups excluding carboxylic acids is 2. The summed E-state index contributed by atoms with van der Waals surface area (Å²) in [7, 11) is 0. The Morgan fingerprint density at radius 3 is 2.44 bits per heavy atom. The monoisotopic (exact) mass is 468 g/mol. The van der Waals surface area contributed by atoms with Crippen molar-refractivity contribution in [1.82, 2.24) is 10.1 Å². The van der Waals surface area contributed by atoms with Gasteiger partial charge in [-0.3, -0.25) is 9.59 Å². The van der Waals surface area contributed by atoms with Gasteiger partial charge in [-0.1, -0.05) is 29.4 Å². The van der Waals surface area contributed by atoms with E-state index in [0.717, 1.165) is 11.6 Å². The summed E-state index contributed by atoms with van der Waals surface area (Å²) in [5.41, 5.74) is 0.838. The molecule has 0 aliphatic rings. The molecular weight excluding hydrogens is 449 g/mol. The van der Waals surface area contributed by atoms with Gasteiger partial charge in [-0.25, -0.2) is 4.98 Å². The second kappa shape index (κ2) is 8.62. The number of aromatic nitrogens is 2. The minimum absolute atomic E-state index is 0.0548. The molecule has 0 saturated carbocycles. The second-order valence-corrected chi connectivity index (χ2v) is 7.71. The summed E-state index contributed by atoms with van der Waals surface area (Å²) in [6.07, 6.45) is -4.62. The van der Waals surface area contributed by atoms with Gasteiger partial charge in [0.05, 0.1) is 27.9 Å². The Balaban J connectivity index is 1.82. The van der Waals surface area contributed by atoms with Crippen LogP contribution in [0.1, 0.15) is 34.1 Å². The minimum atomic E-state index is -4.62. The number of fused-ring (bicyclic) bond motifs is 1. The summed E-state index contributed by atoms with van der Waals surface area (Å²) in [4.78, 5) is 28.9. The first-order valence-electron chi connectivity index (χ1n) is 10.2. The van der Waals surface area contributed by atoms with E-state index in [0.29, 0.717) is 22.5 Å². The third-order valence-electron chi connectivity index (χ3n) is 5.18. The van der Waals surface area contributed by atoms with Crippen LogP contribution >= 0.6 is 0 Å². The fourth-order valence-corrected chi connectivity index (χ4v) is 3.59. The maximum atomic E-state index is 13.6. The lowest BCUT2D eigenvalue weighted by atomic mass is 10.0. The highest BCUT2D eigenvalue weighted by atomic mass is 19.4. The van der Waals surface area contributed by atoms with E-state index in [-0.39, 0.29) is 28.4 Å². The zero-order chi connectivity index (χ0) is 24.6. The summed E-state index contributed by atoms with van der Waals surface area (Å²) >= 11 is 0. The van der Waals surface area contributed by atoms with Crippen LogP contribution in [0.25, 0.3) is 22.4 Å². The molecule has 0 atom stereocenters. The Hall–Kier alpha value is -4.21. The first-order chi connectivity index (χ1) is 16.0. The number of nitrogens with zero attached hydrogens (tertiary/aromatic N) is 2. The Morgan fingerprint density at radius 1 is 1.00 bits per heavy atom. The van der Waals surface area contributed by atoms with Crippen molar-refractivity contribution in [2.24, 2.45) is 0 Å². The Labute approximate surface area is 192 Å². The molecule has 0 fully saturated rings. The highest BCUT2D eigenvalue weighted by Crippen LogP contribution is 2.37. The van der Waals surface area contributed by atoms with Gasteiger partial charge in [0.15, 0.2) is 0 Å². The van der Waals surface area contributed by atoms with Crippen molar-refractivity contribution in [2.45, 2.75) is 26.9 Å². The first kappa shape index (κ1) is 23.0. The van der Waals surface area contributed by atoms with Gasteiger partial charge >= 0.3 is 6.18 Å². The van der Waals surface area contributed by atoms with E-state index in [9.17, 15) is 22.8 Å². The van der Waals surface area contributed by atoms with Crippen LogP contribution in [0.2, 0.25) is 0 Å². The number of hydrogen-bond donors (Lipinski definition) is 2. The molecule has 0 saturated heterocycles. The number of anilines is 2. The molecule has 10 heteroatoms. The summed E-state index contributed by atoms with van der Waals surface area (Å²) in [6.45, 7) is 4.74. The molecule has 0 spiro atoms. The average molecular weight is 468 g/mol. The summed E-state index contributed by atoms with van der Waals surface area (Å²) in [6, 6.07) is 11.3. The van der Waals surface area contributed by atoms with Crippen LogP contribution in [0, 0.1) is 13.8 Å². The number of carbonyl (C=O) groups is 2. The van der Waals surface area contributed by atoms with Gasteiger partial charge in [-0.05, 0) is 43.7 Å². The van der Waals surface area contributed by atoms with E-state index in [1.165, 1.54) is 31.2 Å². The molecule has 0 aliphatic heterocycles. The number of hydrogen-bond acceptors (Lipinski definition) is 5. The number of aryl methyl sites for hydroxylation is 2. The normalized spacial score (nSPS) is 11.5. The third kappa shape index (κ3) is 4.47. The van der Waals surface area contributed by atoms with Crippen molar-refractivity contribution in [1.29, 1.82) is 0 Å². The van der Waals surface area contributed by atoms with Crippen LogP contribution in [0.5, 0.6) is 0 Å². The Bertz CT molecular complexity index is 1430. The van der Waals surface area contributed by atoms with Gasteiger partial charge in [0.1, 0.15) is 0 Å². The fraction of sp³-hybridized carbons (Fsp3) is 0.167. The van der Waals surface area contributed by atoms with E-state index in [1.54, 1.807) is 32.0 Å². The Morgan fingerprint density at radius 2 is 1.74 bits per heavy atom. The topological polar surface area (TPSA) is 97.1 Å². The van der Waals surface area contributed by atoms with Crippen LogP contribution in [0.4, 0.5) is 24.5 Å². The maximum Gasteiger partial charge on any atom is 0.417 e. The molecule has 2 N–H and O–H groups in total. The van der Waals surface area contributed by atoms with Gasteiger partial charge in [0, 0.05) is 23.9 Å². The third-order valence-corrected chi connectivity index (χ3v) is 5.18. The van der Waals surface area contributed by atoms with Crippen molar-refractivity contribution in [3.8, 4) is 11.3 Å². The molecule has 2 aromatic heterocycles. The van der Waals surface area contributed by atoms with E-state index in [1.807, 2.05) is 0 Å². The predicted octanol–water partition coefficient (Wildman–Crippen LogP) is 5.74. The Kier molecular flexibility index (Phi) is 5.82. The van der Waals surface area contributed by atoms with Crippen LogP contribution in [0.3, 0.4) is 0 Å². The van der Waals surface area contributed by atoms with Crippen LogP contribution in [-0.4, -0.2) is 22.0 Å². The molecule has 4 aromatic rings. The van der Waals surface area contributed by atoms with Crippen molar-refractivity contribution < 1.29 is 27.3 Å². The quantitative estimate of drug-likeness (QED) is 0.398. The number of nitrogens with one attached hydrogen (secondary N) is 2. The summed E-state index contributed by atoms with van der Waals surface area (Å²) in [5.74, 6) is -0.863. The average Bonchev–Trinajstić information content (AvgIpc) is 3.15. The van der Waals surface area contributed by atoms with Crippen molar-refractivity contribution in [2.75, 3.05) is 10.6 Å². The number of rotatable bonds is 4. The lowest BCUT2D eigenvalue weighted by Gasteiger charge is -2.14. The summed E-state index contributed by atoms with van der Waals surface area (Å²) in [5, 5.41) is 9.52. The van der Waals surface area contributed by atoms with Gasteiger partial charge in [-0.15, -0.1) is 0 Å². The predicted molar refractivity (Wildman–Crippen MR) is 120 cm³/mol. The number of pyridine rings is 1. The maximum absolute atomic E-state index is 13.6. The molecule has 2 amide bonds. The van der Waals surface area contributed by atoms with Crippen LogP contribution in [0.15, 0.2) is 53.1 Å². The first-order valence-corrected chi connectivity index (χ1v) is 10.2. The van der Waals surface area contributed by atoms with Gasteiger partial charge in [0.25, 0.3) is 11.6 Å². The van der Waals surface area contributed by atoms with Crippen molar-refractivity contribution in [3.63, 3.8) is 0 Å². The lowest BCUT2D eigenvalue weighted by molar-refractivity contribution is -0.137. The van der Waals surface area contributed by atoms with Crippen LogP contribution in [-0.2, 0) is 11.0 Å². The number of benzene rings is 2. The smallest absolute Gasteiger partial charge is 0.335 e. The molecule has 4 rings (SSSR count). The number of amides is 2. The highest BCUT2D eigenvalue weighted by Gasteiger charge is 2.34. The molecule has 34 heavy (non-hydrogen) atoms. The number of halogens is 3. The molecule has 2 aromatic carbocycles. The van der Waals surface area contributed by atoms with Crippen molar-refractivity contribution >= 4 is 34.3 Å². The van der Waals surface area contributed by atoms with Gasteiger partial charge in [0.2, 0.25) is 5.91 Å². The minimum Gasteiger partial charge on any atom is -0.335 e. The molecule has 7 nitrogen and oxygen atoms in total. The lowest BCUT2D eigenvalue weighted by Crippen LogP contribution is -2.15. The molecule has 0 aliphatic carbocycles. The van der Waals surface area contributed by atoms with E-state index < -0.39 is 17.6 Å². The zero-order valence-electron chi connectivity index (χ0n) is 18.4. The largest absolute Gasteiger partial charge is 0.417 e. The van der Waals surface area contributed by atoms with E-state index in [2.05, 4.69) is 20.8 Å². The molecular formula is C24H19F3N4O3. The van der Waals surface area contributed by atoms with E-state index >= 15 is 0 Å². The second-order valence-electron chi connectivity index (χ2n) is 7.71. The number of alkyl halides is 3.